The minimum absolute atomic E-state index is 0.0128. The van der Waals surface area contributed by atoms with Crippen molar-refractivity contribution in [3.05, 3.63) is 45.4 Å². The number of aromatic hydroxyl groups is 1. The Labute approximate surface area is 78.5 Å². The van der Waals surface area contributed by atoms with E-state index in [9.17, 15) is 9.90 Å². The molecular weight excluding hydrogens is 186 g/mol. The summed E-state index contributed by atoms with van der Waals surface area (Å²) in [6.07, 6.45) is 0. The molecule has 2 rings (SSSR count). The third-order valence-corrected chi connectivity index (χ3v) is 2.40. The van der Waals surface area contributed by atoms with Crippen molar-refractivity contribution in [1.82, 2.24) is 4.57 Å². The van der Waals surface area contributed by atoms with E-state index in [-0.39, 0.29) is 10.8 Å². The first-order valence-electron chi connectivity index (χ1n) is 3.74. The summed E-state index contributed by atoms with van der Waals surface area (Å²) in [5, 5.41) is 10.8. The number of hydrogen-bond donors (Lipinski definition) is 1. The summed E-state index contributed by atoms with van der Waals surface area (Å²) in [5.41, 5.74) is 0.686. The zero-order chi connectivity index (χ0) is 9.26. The Morgan fingerprint density at radius 1 is 1.23 bits per heavy atom. The van der Waals surface area contributed by atoms with Gasteiger partial charge >= 0.3 is 4.87 Å². The molecule has 0 fully saturated rings. The van der Waals surface area contributed by atoms with Crippen LogP contribution in [0.1, 0.15) is 0 Å². The molecule has 3 nitrogen and oxygen atoms in total. The van der Waals surface area contributed by atoms with Gasteiger partial charge in [-0.1, -0.05) is 29.5 Å². The average molecular weight is 193 g/mol. The van der Waals surface area contributed by atoms with Crippen molar-refractivity contribution in [1.29, 1.82) is 0 Å². The fraction of sp³-hybridized carbons (Fsp3) is 0. The molecule has 0 spiro atoms. The molecule has 0 atom stereocenters. The van der Waals surface area contributed by atoms with Crippen LogP contribution in [0, 0.1) is 0 Å². The van der Waals surface area contributed by atoms with E-state index in [1.165, 1.54) is 9.95 Å². The fourth-order valence-electron chi connectivity index (χ4n) is 1.12. The van der Waals surface area contributed by atoms with Crippen LogP contribution >= 0.6 is 11.3 Å². The lowest BCUT2D eigenvalue weighted by molar-refractivity contribution is 0.441. The molecule has 4 heteroatoms. The molecular formula is C9H7NO2S. The molecule has 0 amide bonds. The molecule has 66 valence electrons. The molecule has 0 unspecified atom stereocenters. The Balaban J connectivity index is 2.65. The highest BCUT2D eigenvalue weighted by Crippen LogP contribution is 2.15. The molecule has 0 aliphatic rings. The highest BCUT2D eigenvalue weighted by atomic mass is 32.1. The number of hydrogen-bond acceptors (Lipinski definition) is 3. The fourth-order valence-corrected chi connectivity index (χ4v) is 1.73. The van der Waals surface area contributed by atoms with Gasteiger partial charge in [0.1, 0.15) is 0 Å². The quantitative estimate of drug-likeness (QED) is 0.747. The Kier molecular flexibility index (Phi) is 1.90. The maximum absolute atomic E-state index is 11.3. The van der Waals surface area contributed by atoms with E-state index in [1.807, 2.05) is 18.2 Å². The number of thiazole rings is 1. The van der Waals surface area contributed by atoms with Gasteiger partial charge in [0.15, 0.2) is 0 Å². The second kappa shape index (κ2) is 3.06. The molecule has 0 aliphatic carbocycles. The number of benzene rings is 1. The van der Waals surface area contributed by atoms with E-state index in [4.69, 9.17) is 0 Å². The lowest BCUT2D eigenvalue weighted by Crippen LogP contribution is -2.09. The van der Waals surface area contributed by atoms with Crippen LogP contribution in [0.2, 0.25) is 0 Å². The molecule has 0 aliphatic heterocycles. The Morgan fingerprint density at radius 3 is 2.46 bits per heavy atom. The van der Waals surface area contributed by atoms with Gasteiger partial charge in [-0.2, -0.15) is 0 Å². The predicted octanol–water partition coefficient (Wildman–Crippen LogP) is 1.60. The van der Waals surface area contributed by atoms with Crippen LogP contribution in [0.3, 0.4) is 0 Å². The lowest BCUT2D eigenvalue weighted by Gasteiger charge is -2.00. The molecule has 1 aromatic carbocycles. The van der Waals surface area contributed by atoms with E-state index < -0.39 is 0 Å². The van der Waals surface area contributed by atoms with Gasteiger partial charge in [0.2, 0.25) is 5.88 Å². The zero-order valence-electron chi connectivity index (χ0n) is 6.68. The SMILES string of the molecule is O=c1scc(O)n1-c1ccccc1. The second-order valence-electron chi connectivity index (χ2n) is 2.53. The van der Waals surface area contributed by atoms with Gasteiger partial charge in [0.25, 0.3) is 0 Å². The van der Waals surface area contributed by atoms with Gasteiger partial charge in [-0.3, -0.25) is 4.79 Å². The van der Waals surface area contributed by atoms with E-state index in [1.54, 1.807) is 12.1 Å². The lowest BCUT2D eigenvalue weighted by atomic mass is 10.3. The molecule has 0 saturated heterocycles. The molecule has 1 aromatic heterocycles. The van der Waals surface area contributed by atoms with Crippen LogP contribution in [-0.4, -0.2) is 9.67 Å². The molecule has 2 aromatic rings. The maximum atomic E-state index is 11.3. The first kappa shape index (κ1) is 8.07. The van der Waals surface area contributed by atoms with Gasteiger partial charge in [0.05, 0.1) is 11.1 Å². The average Bonchev–Trinajstić information content (AvgIpc) is 2.48. The monoisotopic (exact) mass is 193 g/mol. The minimum Gasteiger partial charge on any atom is -0.494 e. The minimum atomic E-state index is -0.177. The number of nitrogens with zero attached hydrogens (tertiary/aromatic N) is 1. The highest BCUT2D eigenvalue weighted by molar-refractivity contribution is 7.07. The molecule has 1 heterocycles. The van der Waals surface area contributed by atoms with Crippen LogP contribution in [0.5, 0.6) is 5.88 Å². The maximum Gasteiger partial charge on any atom is 0.314 e. The third kappa shape index (κ3) is 1.36. The first-order chi connectivity index (χ1) is 6.29. The predicted molar refractivity (Wildman–Crippen MR) is 51.6 cm³/mol. The summed E-state index contributed by atoms with van der Waals surface area (Å²) < 4.78 is 1.27. The Bertz CT molecular complexity index is 458. The van der Waals surface area contributed by atoms with E-state index in [0.29, 0.717) is 5.69 Å². The topological polar surface area (TPSA) is 42.2 Å². The van der Waals surface area contributed by atoms with Crippen LogP contribution in [-0.2, 0) is 0 Å². The molecule has 0 saturated carbocycles. The smallest absolute Gasteiger partial charge is 0.314 e. The largest absolute Gasteiger partial charge is 0.494 e. The summed E-state index contributed by atoms with van der Waals surface area (Å²) in [7, 11) is 0. The van der Waals surface area contributed by atoms with Crippen molar-refractivity contribution in [2.75, 3.05) is 0 Å². The summed E-state index contributed by atoms with van der Waals surface area (Å²) in [5.74, 6) is -0.0128. The van der Waals surface area contributed by atoms with E-state index in [0.717, 1.165) is 11.3 Å². The van der Waals surface area contributed by atoms with Gasteiger partial charge in [-0.05, 0) is 12.1 Å². The van der Waals surface area contributed by atoms with Gasteiger partial charge in [-0.25, -0.2) is 4.57 Å². The van der Waals surface area contributed by atoms with Crippen molar-refractivity contribution in [3.63, 3.8) is 0 Å². The van der Waals surface area contributed by atoms with Crippen LogP contribution in [0.4, 0.5) is 0 Å². The van der Waals surface area contributed by atoms with Crippen molar-refractivity contribution in [2.24, 2.45) is 0 Å². The number of rotatable bonds is 1. The van der Waals surface area contributed by atoms with Crippen LogP contribution in [0.25, 0.3) is 5.69 Å². The van der Waals surface area contributed by atoms with Crippen LogP contribution in [0.15, 0.2) is 40.5 Å². The van der Waals surface area contributed by atoms with Crippen molar-refractivity contribution in [3.8, 4) is 11.6 Å². The molecule has 0 bridgehead atoms. The van der Waals surface area contributed by atoms with E-state index >= 15 is 0 Å². The highest BCUT2D eigenvalue weighted by Gasteiger charge is 2.05. The number of para-hydroxylation sites is 1. The molecule has 1 N–H and O–H groups in total. The summed E-state index contributed by atoms with van der Waals surface area (Å²) >= 11 is 0.983. The van der Waals surface area contributed by atoms with Gasteiger partial charge in [-0.15, -0.1) is 0 Å². The molecule has 0 radical (unpaired) electrons. The first-order valence-corrected chi connectivity index (χ1v) is 4.62. The molecule has 13 heavy (non-hydrogen) atoms. The van der Waals surface area contributed by atoms with Crippen molar-refractivity contribution in [2.45, 2.75) is 0 Å². The van der Waals surface area contributed by atoms with Crippen molar-refractivity contribution >= 4 is 11.3 Å². The second-order valence-corrected chi connectivity index (χ2v) is 3.35. The third-order valence-electron chi connectivity index (χ3n) is 1.69. The normalized spacial score (nSPS) is 10.2. The number of aromatic nitrogens is 1. The van der Waals surface area contributed by atoms with Crippen LogP contribution < -0.4 is 4.87 Å². The standard InChI is InChI=1S/C9H7NO2S/c11-8-6-13-9(12)10(8)7-4-2-1-3-5-7/h1-6,11H. The van der Waals surface area contributed by atoms with E-state index in [2.05, 4.69) is 0 Å². The summed E-state index contributed by atoms with van der Waals surface area (Å²) in [6.45, 7) is 0. The van der Waals surface area contributed by atoms with Gasteiger partial charge < -0.3 is 5.11 Å². The summed E-state index contributed by atoms with van der Waals surface area (Å²) in [4.78, 5) is 11.1. The Morgan fingerprint density at radius 2 is 1.92 bits per heavy atom. The zero-order valence-corrected chi connectivity index (χ0v) is 7.49. The summed E-state index contributed by atoms with van der Waals surface area (Å²) in [6, 6.07) is 9.04. The van der Waals surface area contributed by atoms with Gasteiger partial charge in [0, 0.05) is 0 Å². The Hall–Kier alpha value is -1.55. The van der Waals surface area contributed by atoms with Crippen molar-refractivity contribution < 1.29 is 5.11 Å².